The second-order valence-corrected chi connectivity index (χ2v) is 6.19. The van der Waals surface area contributed by atoms with Crippen LogP contribution in [0.3, 0.4) is 0 Å². The number of carbonyl (C=O) groups excluding carboxylic acids is 1. The molecule has 2 aromatic carbocycles. The third-order valence-corrected chi connectivity index (χ3v) is 4.48. The molecule has 6 nitrogen and oxygen atoms in total. The molecule has 27 heavy (non-hydrogen) atoms. The molecule has 1 fully saturated rings. The lowest BCUT2D eigenvalue weighted by atomic mass is 10.1. The summed E-state index contributed by atoms with van der Waals surface area (Å²) in [5, 5.41) is 3.98. The van der Waals surface area contributed by atoms with Crippen molar-refractivity contribution in [2.24, 2.45) is 0 Å². The first-order valence-electron chi connectivity index (χ1n) is 8.28. The average Bonchev–Trinajstić information content (AvgIpc) is 3.31. The van der Waals surface area contributed by atoms with Gasteiger partial charge in [-0.1, -0.05) is 5.16 Å². The summed E-state index contributed by atoms with van der Waals surface area (Å²) < 4.78 is 37.0. The molecule has 1 aliphatic rings. The smallest absolute Gasteiger partial charge is 0.257 e. The Balaban J connectivity index is 1.53. The topological polar surface area (TPSA) is 68.5 Å². The van der Waals surface area contributed by atoms with Crippen LogP contribution in [0.4, 0.5) is 14.5 Å². The molecule has 1 aromatic heterocycles. The molecule has 3 aromatic rings. The van der Waals surface area contributed by atoms with E-state index in [4.69, 9.17) is 9.26 Å². The van der Waals surface area contributed by atoms with Crippen molar-refractivity contribution in [2.45, 2.75) is 12.3 Å². The molecule has 1 amide bonds. The summed E-state index contributed by atoms with van der Waals surface area (Å²) in [5.74, 6) is -0.995. The molecule has 4 rings (SSSR count). The standard InChI is InChI=1S/C19H15F2N3O3/c1-26-14-5-2-11(3-6-14)19-22-18(23-27-19)12-8-17(25)24(10-12)13-4-7-15(20)16(21)9-13/h2-7,9,12H,8,10H2,1H3. The van der Waals surface area contributed by atoms with E-state index in [0.29, 0.717) is 23.2 Å². The van der Waals surface area contributed by atoms with Gasteiger partial charge in [-0.05, 0) is 36.4 Å². The number of carbonyl (C=O) groups is 1. The van der Waals surface area contributed by atoms with Crippen molar-refractivity contribution in [3.05, 3.63) is 59.9 Å². The molecule has 0 N–H and O–H groups in total. The predicted octanol–water partition coefficient (Wildman–Crippen LogP) is 3.54. The van der Waals surface area contributed by atoms with E-state index in [2.05, 4.69) is 10.1 Å². The Morgan fingerprint density at radius 2 is 1.93 bits per heavy atom. The number of halogens is 2. The number of nitrogens with zero attached hydrogens (tertiary/aromatic N) is 3. The molecule has 0 radical (unpaired) electrons. The van der Waals surface area contributed by atoms with Gasteiger partial charge in [0.25, 0.3) is 5.89 Å². The minimum atomic E-state index is -0.995. The highest BCUT2D eigenvalue weighted by Crippen LogP contribution is 2.32. The molecule has 1 saturated heterocycles. The van der Waals surface area contributed by atoms with Crippen molar-refractivity contribution in [1.82, 2.24) is 10.1 Å². The van der Waals surface area contributed by atoms with Gasteiger partial charge in [-0.15, -0.1) is 0 Å². The van der Waals surface area contributed by atoms with Crippen LogP contribution in [0.15, 0.2) is 47.0 Å². The monoisotopic (exact) mass is 371 g/mol. The minimum absolute atomic E-state index is 0.167. The lowest BCUT2D eigenvalue weighted by Crippen LogP contribution is -2.24. The second-order valence-electron chi connectivity index (χ2n) is 6.19. The van der Waals surface area contributed by atoms with Crippen LogP contribution in [-0.2, 0) is 4.79 Å². The van der Waals surface area contributed by atoms with Crippen LogP contribution < -0.4 is 9.64 Å². The second kappa shape index (κ2) is 6.79. The maximum atomic E-state index is 13.5. The molecule has 0 saturated carbocycles. The zero-order valence-corrected chi connectivity index (χ0v) is 14.4. The zero-order chi connectivity index (χ0) is 19.0. The average molecular weight is 371 g/mol. The first-order valence-corrected chi connectivity index (χ1v) is 8.28. The van der Waals surface area contributed by atoms with Gasteiger partial charge >= 0.3 is 0 Å². The number of hydrogen-bond acceptors (Lipinski definition) is 5. The van der Waals surface area contributed by atoms with Gasteiger partial charge < -0.3 is 14.2 Å². The highest BCUT2D eigenvalue weighted by Gasteiger charge is 2.35. The molecule has 0 bridgehead atoms. The van der Waals surface area contributed by atoms with Crippen LogP contribution >= 0.6 is 0 Å². The summed E-state index contributed by atoms with van der Waals surface area (Å²) in [4.78, 5) is 18.1. The van der Waals surface area contributed by atoms with Crippen molar-refractivity contribution in [3.63, 3.8) is 0 Å². The van der Waals surface area contributed by atoms with E-state index in [-0.39, 0.29) is 24.8 Å². The molecule has 0 aliphatic carbocycles. The third-order valence-electron chi connectivity index (χ3n) is 4.48. The fraction of sp³-hybridized carbons (Fsp3) is 0.211. The lowest BCUT2D eigenvalue weighted by molar-refractivity contribution is -0.117. The highest BCUT2D eigenvalue weighted by atomic mass is 19.2. The van der Waals surface area contributed by atoms with E-state index in [1.807, 2.05) is 0 Å². The first kappa shape index (κ1) is 17.1. The number of hydrogen-bond donors (Lipinski definition) is 0. The SMILES string of the molecule is COc1ccc(-c2nc(C3CC(=O)N(c4ccc(F)c(F)c4)C3)no2)cc1. The number of aromatic nitrogens is 2. The third kappa shape index (κ3) is 3.25. The Morgan fingerprint density at radius 1 is 1.15 bits per heavy atom. The van der Waals surface area contributed by atoms with Gasteiger partial charge in [-0.2, -0.15) is 4.98 Å². The fourth-order valence-electron chi connectivity index (χ4n) is 3.03. The largest absolute Gasteiger partial charge is 0.497 e. The van der Waals surface area contributed by atoms with Crippen molar-refractivity contribution in [1.29, 1.82) is 0 Å². The van der Waals surface area contributed by atoms with E-state index in [0.717, 1.165) is 17.7 Å². The maximum absolute atomic E-state index is 13.5. The van der Waals surface area contributed by atoms with Crippen LogP contribution in [0.5, 0.6) is 5.75 Å². The summed E-state index contributed by atoms with van der Waals surface area (Å²) in [6.07, 6.45) is 0.167. The summed E-state index contributed by atoms with van der Waals surface area (Å²) >= 11 is 0. The Kier molecular flexibility index (Phi) is 4.31. The molecular formula is C19H15F2N3O3. The van der Waals surface area contributed by atoms with E-state index in [9.17, 15) is 13.6 Å². The summed E-state index contributed by atoms with van der Waals surface area (Å²) in [5.41, 5.74) is 1.04. The van der Waals surface area contributed by atoms with E-state index < -0.39 is 11.6 Å². The zero-order valence-electron chi connectivity index (χ0n) is 14.4. The van der Waals surface area contributed by atoms with Crippen molar-refractivity contribution >= 4 is 11.6 Å². The van der Waals surface area contributed by atoms with Gasteiger partial charge in [0.05, 0.1) is 7.11 Å². The number of anilines is 1. The van der Waals surface area contributed by atoms with Crippen LogP contribution in [0.1, 0.15) is 18.2 Å². The molecule has 1 atom stereocenters. The van der Waals surface area contributed by atoms with Crippen molar-refractivity contribution in [2.75, 3.05) is 18.6 Å². The van der Waals surface area contributed by atoms with Gasteiger partial charge in [-0.3, -0.25) is 4.79 Å². The Labute approximate surface area is 153 Å². The molecule has 0 spiro atoms. The number of methoxy groups -OCH3 is 1. The number of ether oxygens (including phenoxy) is 1. The Morgan fingerprint density at radius 3 is 2.63 bits per heavy atom. The molecule has 8 heteroatoms. The van der Waals surface area contributed by atoms with Crippen LogP contribution in [0, 0.1) is 11.6 Å². The first-order chi connectivity index (χ1) is 13.0. The summed E-state index contributed by atoms with van der Waals surface area (Å²) in [7, 11) is 1.58. The molecule has 1 unspecified atom stereocenters. The molecular weight excluding hydrogens is 356 g/mol. The van der Waals surface area contributed by atoms with Crippen molar-refractivity contribution < 1.29 is 22.8 Å². The van der Waals surface area contributed by atoms with Gasteiger partial charge in [-0.25, -0.2) is 8.78 Å². The predicted molar refractivity (Wildman–Crippen MR) is 92.4 cm³/mol. The van der Waals surface area contributed by atoms with E-state index >= 15 is 0 Å². The normalized spacial score (nSPS) is 16.8. The van der Waals surface area contributed by atoms with E-state index in [1.165, 1.54) is 11.0 Å². The highest BCUT2D eigenvalue weighted by molar-refractivity contribution is 5.96. The van der Waals surface area contributed by atoms with Gasteiger partial charge in [0.1, 0.15) is 5.75 Å². The van der Waals surface area contributed by atoms with Crippen molar-refractivity contribution in [3.8, 4) is 17.2 Å². The quantitative estimate of drug-likeness (QED) is 0.702. The maximum Gasteiger partial charge on any atom is 0.257 e. The fourth-order valence-corrected chi connectivity index (χ4v) is 3.03. The number of rotatable bonds is 4. The Hall–Kier alpha value is -3.29. The van der Waals surface area contributed by atoms with Gasteiger partial charge in [0, 0.05) is 36.2 Å². The molecule has 138 valence electrons. The Bertz CT molecular complexity index is 988. The number of amides is 1. The number of benzene rings is 2. The van der Waals surface area contributed by atoms with Gasteiger partial charge in [0.2, 0.25) is 5.91 Å². The van der Waals surface area contributed by atoms with Crippen LogP contribution in [-0.4, -0.2) is 29.7 Å². The lowest BCUT2D eigenvalue weighted by Gasteiger charge is -2.16. The van der Waals surface area contributed by atoms with Crippen LogP contribution in [0.25, 0.3) is 11.5 Å². The van der Waals surface area contributed by atoms with Crippen LogP contribution in [0.2, 0.25) is 0 Å². The van der Waals surface area contributed by atoms with E-state index in [1.54, 1.807) is 31.4 Å². The molecule has 1 aliphatic heterocycles. The summed E-state index contributed by atoms with van der Waals surface area (Å²) in [6, 6.07) is 10.5. The van der Waals surface area contributed by atoms with Gasteiger partial charge in [0.15, 0.2) is 17.5 Å². The minimum Gasteiger partial charge on any atom is -0.497 e. The molecule has 2 heterocycles. The summed E-state index contributed by atoms with van der Waals surface area (Å²) in [6.45, 7) is 0.269.